The van der Waals surface area contributed by atoms with Crippen LogP contribution in [0.4, 0.5) is 0 Å². The normalized spacial score (nSPS) is 19.0. The number of carbonyl (C=O) groups is 2. The number of aromatic nitrogens is 1. The van der Waals surface area contributed by atoms with E-state index in [1.807, 2.05) is 48.4 Å². The van der Waals surface area contributed by atoms with Crippen molar-refractivity contribution in [3.63, 3.8) is 0 Å². The average molecular weight is 437 g/mol. The van der Waals surface area contributed by atoms with Crippen LogP contribution in [-0.4, -0.2) is 46.2 Å². The van der Waals surface area contributed by atoms with Gasteiger partial charge in [0, 0.05) is 41.7 Å². The first-order valence-corrected chi connectivity index (χ1v) is 11.7. The topological polar surface area (TPSA) is 74.3 Å². The predicted molar refractivity (Wildman–Crippen MR) is 125 cm³/mol. The Bertz CT molecular complexity index is 1010. The molecule has 31 heavy (non-hydrogen) atoms. The molecule has 2 aromatic rings. The van der Waals surface area contributed by atoms with Crippen LogP contribution in [0.5, 0.6) is 0 Å². The number of thioether (sulfide) groups is 1. The molecule has 6 nitrogen and oxygen atoms in total. The summed E-state index contributed by atoms with van der Waals surface area (Å²) >= 11 is 1.69. The number of rotatable bonds is 5. The predicted octanol–water partition coefficient (Wildman–Crippen LogP) is 3.94. The highest BCUT2D eigenvalue weighted by Crippen LogP contribution is 2.25. The monoisotopic (exact) mass is 436 g/mol. The number of carbonyl (C=O) groups excluding carboxylic acids is 2. The van der Waals surface area contributed by atoms with E-state index in [-0.39, 0.29) is 17.9 Å². The van der Waals surface area contributed by atoms with E-state index in [1.54, 1.807) is 24.0 Å². The van der Waals surface area contributed by atoms with E-state index >= 15 is 0 Å². The van der Waals surface area contributed by atoms with E-state index in [0.29, 0.717) is 16.5 Å². The zero-order chi connectivity index (χ0) is 22.0. The van der Waals surface area contributed by atoms with Crippen LogP contribution in [0, 0.1) is 6.92 Å². The minimum Gasteiger partial charge on any atom is -0.374 e. The maximum Gasteiger partial charge on any atom is 0.253 e. The van der Waals surface area contributed by atoms with Crippen LogP contribution in [-0.2, 0) is 0 Å². The molecule has 3 heterocycles. The van der Waals surface area contributed by atoms with Crippen LogP contribution in [0.25, 0.3) is 11.3 Å². The summed E-state index contributed by atoms with van der Waals surface area (Å²) in [5.41, 5.74) is 4.56. The van der Waals surface area contributed by atoms with Crippen molar-refractivity contribution in [1.82, 2.24) is 20.5 Å². The Morgan fingerprint density at radius 2 is 1.94 bits per heavy atom. The molecule has 0 bridgehead atoms. The number of likely N-dealkylation sites (tertiary alicyclic amines) is 1. The highest BCUT2D eigenvalue weighted by molar-refractivity contribution is 8.02. The lowest BCUT2D eigenvalue weighted by Crippen LogP contribution is -2.38. The highest BCUT2D eigenvalue weighted by Gasteiger charge is 2.23. The molecular weight excluding hydrogens is 408 g/mol. The van der Waals surface area contributed by atoms with Gasteiger partial charge in [0.25, 0.3) is 11.8 Å². The zero-order valence-electron chi connectivity index (χ0n) is 18.1. The number of aryl methyl sites for hydroxylation is 1. The first-order valence-electron chi connectivity index (χ1n) is 10.7. The molecule has 4 rings (SSSR count). The lowest BCUT2D eigenvalue weighted by Gasteiger charge is -2.19. The van der Waals surface area contributed by atoms with Crippen LogP contribution in [0.1, 0.15) is 53.0 Å². The molecule has 0 aliphatic carbocycles. The summed E-state index contributed by atoms with van der Waals surface area (Å²) in [4.78, 5) is 32.5. The SMILES string of the molecule is Cc1ccc(-c2cc(C(=O)NC(C)C3=CSC(C)N3)cc(C(=O)N3CCCC3)c2)nc1. The van der Waals surface area contributed by atoms with Crippen LogP contribution in [0.3, 0.4) is 0 Å². The molecule has 0 spiro atoms. The van der Waals surface area contributed by atoms with E-state index in [0.717, 1.165) is 48.4 Å². The average Bonchev–Trinajstić information content (AvgIpc) is 3.45. The van der Waals surface area contributed by atoms with Gasteiger partial charge in [-0.15, -0.1) is 11.8 Å². The molecule has 2 unspecified atom stereocenters. The number of amides is 2. The highest BCUT2D eigenvalue weighted by atomic mass is 32.2. The van der Waals surface area contributed by atoms with Gasteiger partial charge in [0.05, 0.1) is 17.1 Å². The summed E-state index contributed by atoms with van der Waals surface area (Å²) in [6.07, 6.45) is 3.84. The van der Waals surface area contributed by atoms with Gasteiger partial charge in [-0.1, -0.05) is 6.07 Å². The van der Waals surface area contributed by atoms with Crippen molar-refractivity contribution in [2.45, 2.75) is 45.0 Å². The summed E-state index contributed by atoms with van der Waals surface area (Å²) in [5.74, 6) is -0.233. The minimum absolute atomic E-state index is 0.0287. The molecule has 2 aliphatic heterocycles. The first-order chi connectivity index (χ1) is 14.9. The van der Waals surface area contributed by atoms with Crippen molar-refractivity contribution < 1.29 is 9.59 Å². The third-order valence-electron chi connectivity index (χ3n) is 5.63. The van der Waals surface area contributed by atoms with Gasteiger partial charge in [0.1, 0.15) is 0 Å². The Morgan fingerprint density at radius 1 is 1.19 bits per heavy atom. The fourth-order valence-electron chi connectivity index (χ4n) is 3.83. The van der Waals surface area contributed by atoms with Gasteiger partial charge in [0.15, 0.2) is 0 Å². The zero-order valence-corrected chi connectivity index (χ0v) is 19.0. The standard InChI is InChI=1S/C24H28N4O2S/c1-15-6-7-21(25-13-15)18-10-19(12-20(11-18)24(30)28-8-4-5-9-28)23(29)26-16(2)22-14-31-17(3)27-22/h6-7,10-14,16-17,27H,4-5,8-9H2,1-3H3,(H,26,29). The largest absolute Gasteiger partial charge is 0.374 e. The Morgan fingerprint density at radius 3 is 2.58 bits per heavy atom. The lowest BCUT2D eigenvalue weighted by molar-refractivity contribution is 0.0793. The van der Waals surface area contributed by atoms with E-state index in [1.165, 1.54) is 0 Å². The Hall–Kier alpha value is -2.80. The van der Waals surface area contributed by atoms with Gasteiger partial charge < -0.3 is 15.5 Å². The van der Waals surface area contributed by atoms with Gasteiger partial charge in [-0.05, 0) is 68.8 Å². The second kappa shape index (κ2) is 9.14. The molecule has 2 atom stereocenters. The molecule has 7 heteroatoms. The molecule has 2 N–H and O–H groups in total. The van der Waals surface area contributed by atoms with Crippen molar-refractivity contribution in [3.05, 3.63) is 64.3 Å². The van der Waals surface area contributed by atoms with E-state index < -0.39 is 0 Å². The summed E-state index contributed by atoms with van der Waals surface area (Å²) < 4.78 is 0. The number of pyridine rings is 1. The third kappa shape index (κ3) is 4.93. The van der Waals surface area contributed by atoms with Crippen molar-refractivity contribution in [2.24, 2.45) is 0 Å². The molecule has 2 aliphatic rings. The number of benzene rings is 1. The Balaban J connectivity index is 1.64. The van der Waals surface area contributed by atoms with Crippen LogP contribution in [0.2, 0.25) is 0 Å². The smallest absolute Gasteiger partial charge is 0.253 e. The van der Waals surface area contributed by atoms with Crippen LogP contribution in [0.15, 0.2) is 47.6 Å². The first kappa shape index (κ1) is 21.4. The number of hydrogen-bond donors (Lipinski definition) is 2. The molecule has 162 valence electrons. The summed E-state index contributed by atoms with van der Waals surface area (Å²) in [7, 11) is 0. The number of hydrogen-bond acceptors (Lipinski definition) is 5. The number of nitrogens with one attached hydrogen (secondary N) is 2. The molecule has 0 saturated carbocycles. The maximum atomic E-state index is 13.1. The van der Waals surface area contributed by atoms with E-state index in [4.69, 9.17) is 0 Å². The van der Waals surface area contributed by atoms with Crippen molar-refractivity contribution in [1.29, 1.82) is 0 Å². The molecular formula is C24H28N4O2S. The second-order valence-corrected chi connectivity index (χ2v) is 9.43. The molecule has 1 aromatic carbocycles. The van der Waals surface area contributed by atoms with Gasteiger partial charge in [-0.25, -0.2) is 0 Å². The van der Waals surface area contributed by atoms with E-state index in [9.17, 15) is 9.59 Å². The Labute approximate surface area is 187 Å². The fraction of sp³-hybridized carbons (Fsp3) is 0.375. The molecule has 2 amide bonds. The van der Waals surface area contributed by atoms with Gasteiger partial charge in [-0.3, -0.25) is 14.6 Å². The minimum atomic E-state index is -0.204. The van der Waals surface area contributed by atoms with Crippen molar-refractivity contribution in [3.8, 4) is 11.3 Å². The van der Waals surface area contributed by atoms with Crippen molar-refractivity contribution in [2.75, 3.05) is 13.1 Å². The fourth-order valence-corrected chi connectivity index (χ4v) is 4.66. The lowest BCUT2D eigenvalue weighted by atomic mass is 10.0. The van der Waals surface area contributed by atoms with Crippen LogP contribution < -0.4 is 10.6 Å². The third-order valence-corrected chi connectivity index (χ3v) is 6.54. The molecule has 0 radical (unpaired) electrons. The van der Waals surface area contributed by atoms with Gasteiger partial charge >= 0.3 is 0 Å². The number of nitrogens with zero attached hydrogens (tertiary/aromatic N) is 2. The molecule has 1 fully saturated rings. The van der Waals surface area contributed by atoms with Crippen LogP contribution >= 0.6 is 11.8 Å². The maximum absolute atomic E-state index is 13.1. The Kier molecular flexibility index (Phi) is 6.32. The van der Waals surface area contributed by atoms with E-state index in [2.05, 4.69) is 22.5 Å². The second-order valence-electron chi connectivity index (χ2n) is 8.21. The summed E-state index contributed by atoms with van der Waals surface area (Å²) in [6.45, 7) is 7.55. The van der Waals surface area contributed by atoms with Gasteiger partial charge in [0.2, 0.25) is 0 Å². The molecule has 1 aromatic heterocycles. The van der Waals surface area contributed by atoms with Crippen molar-refractivity contribution >= 4 is 23.6 Å². The summed E-state index contributed by atoms with van der Waals surface area (Å²) in [6, 6.07) is 9.12. The quantitative estimate of drug-likeness (QED) is 0.743. The summed E-state index contributed by atoms with van der Waals surface area (Å²) in [5, 5.41) is 8.76. The van der Waals surface area contributed by atoms with Gasteiger partial charge in [-0.2, -0.15) is 0 Å². The molecule has 1 saturated heterocycles.